The molecule has 140 valence electrons. The zero-order valence-electron chi connectivity index (χ0n) is 15.8. The van der Waals surface area contributed by atoms with Crippen LogP contribution < -0.4 is 10.1 Å². The van der Waals surface area contributed by atoms with E-state index in [-0.39, 0.29) is 6.03 Å². The Bertz CT molecular complexity index is 689. The minimum absolute atomic E-state index is 0.131. The van der Waals surface area contributed by atoms with Gasteiger partial charge in [-0.15, -0.1) is 0 Å². The summed E-state index contributed by atoms with van der Waals surface area (Å²) in [6, 6.07) is 15.6. The number of hydrogen-bond acceptors (Lipinski definition) is 3. The Hall–Kier alpha value is -2.53. The molecule has 0 saturated heterocycles. The van der Waals surface area contributed by atoms with Crippen molar-refractivity contribution in [3.8, 4) is 5.75 Å². The molecule has 0 aliphatic heterocycles. The van der Waals surface area contributed by atoms with Crippen LogP contribution in [0.25, 0.3) is 0 Å². The van der Waals surface area contributed by atoms with Crippen molar-refractivity contribution < 1.29 is 14.3 Å². The molecule has 2 rings (SSSR count). The molecule has 0 bridgehead atoms. The quantitative estimate of drug-likeness (QED) is 0.675. The number of nitrogens with zero attached hydrogens (tertiary/aromatic N) is 1. The summed E-state index contributed by atoms with van der Waals surface area (Å²) in [7, 11) is 3.30. The van der Waals surface area contributed by atoms with Crippen LogP contribution in [0, 0.1) is 6.92 Å². The first kappa shape index (κ1) is 19.8. The normalized spacial score (nSPS) is 10.4. The highest BCUT2D eigenvalue weighted by Crippen LogP contribution is 2.25. The SMILES string of the molecule is COCCCCN(Cc1ccccc1)C(=O)Nc1ccc(C)cc1OC. The lowest BCUT2D eigenvalue weighted by atomic mass is 10.2. The average molecular weight is 356 g/mol. The van der Waals surface area contributed by atoms with E-state index in [4.69, 9.17) is 9.47 Å². The highest BCUT2D eigenvalue weighted by Gasteiger charge is 2.16. The Morgan fingerprint density at radius 1 is 1.08 bits per heavy atom. The molecule has 26 heavy (non-hydrogen) atoms. The molecule has 1 N–H and O–H groups in total. The fourth-order valence-electron chi connectivity index (χ4n) is 2.70. The van der Waals surface area contributed by atoms with E-state index in [0.29, 0.717) is 31.1 Å². The smallest absolute Gasteiger partial charge is 0.322 e. The molecule has 0 fully saturated rings. The second-order valence-corrected chi connectivity index (χ2v) is 6.24. The van der Waals surface area contributed by atoms with Crippen molar-refractivity contribution in [2.45, 2.75) is 26.3 Å². The summed E-state index contributed by atoms with van der Waals surface area (Å²) >= 11 is 0. The van der Waals surface area contributed by atoms with Crippen molar-refractivity contribution in [2.75, 3.05) is 32.7 Å². The fraction of sp³-hybridized carbons (Fsp3) is 0.381. The van der Waals surface area contributed by atoms with Gasteiger partial charge in [-0.25, -0.2) is 4.79 Å². The first-order chi connectivity index (χ1) is 12.6. The van der Waals surface area contributed by atoms with E-state index >= 15 is 0 Å². The van der Waals surface area contributed by atoms with Crippen LogP contribution in [-0.2, 0) is 11.3 Å². The van der Waals surface area contributed by atoms with Gasteiger partial charge in [-0.2, -0.15) is 0 Å². The van der Waals surface area contributed by atoms with Gasteiger partial charge in [-0.1, -0.05) is 36.4 Å². The lowest BCUT2D eigenvalue weighted by molar-refractivity contribution is 0.182. The molecule has 0 aromatic heterocycles. The molecule has 2 amide bonds. The summed E-state index contributed by atoms with van der Waals surface area (Å²) in [4.78, 5) is 14.7. The molecule has 0 aliphatic carbocycles. The zero-order chi connectivity index (χ0) is 18.8. The number of amides is 2. The molecular weight excluding hydrogens is 328 g/mol. The van der Waals surface area contributed by atoms with Gasteiger partial charge in [0.2, 0.25) is 0 Å². The third-order valence-corrected chi connectivity index (χ3v) is 4.13. The summed E-state index contributed by atoms with van der Waals surface area (Å²) < 4.78 is 10.5. The van der Waals surface area contributed by atoms with Gasteiger partial charge in [0, 0.05) is 26.8 Å². The van der Waals surface area contributed by atoms with E-state index in [1.807, 2.05) is 60.4 Å². The Kier molecular flexibility index (Phi) is 7.96. The van der Waals surface area contributed by atoms with Gasteiger partial charge in [0.25, 0.3) is 0 Å². The maximum Gasteiger partial charge on any atom is 0.322 e. The number of carbonyl (C=O) groups is 1. The summed E-state index contributed by atoms with van der Waals surface area (Å²) in [6.07, 6.45) is 1.81. The molecule has 2 aromatic carbocycles. The summed E-state index contributed by atoms with van der Waals surface area (Å²) in [5.74, 6) is 0.664. The number of nitrogens with one attached hydrogen (secondary N) is 1. The predicted octanol–water partition coefficient (Wildman–Crippen LogP) is 4.46. The predicted molar refractivity (Wildman–Crippen MR) is 105 cm³/mol. The van der Waals surface area contributed by atoms with Gasteiger partial charge in [0.15, 0.2) is 0 Å². The van der Waals surface area contributed by atoms with E-state index in [1.165, 1.54) is 0 Å². The number of benzene rings is 2. The van der Waals surface area contributed by atoms with Gasteiger partial charge in [-0.05, 0) is 43.0 Å². The van der Waals surface area contributed by atoms with Crippen LogP contribution in [0.1, 0.15) is 24.0 Å². The molecule has 0 radical (unpaired) electrons. The number of methoxy groups -OCH3 is 2. The van der Waals surface area contributed by atoms with Gasteiger partial charge in [0.1, 0.15) is 5.75 Å². The Balaban J connectivity index is 2.08. The maximum absolute atomic E-state index is 12.9. The topological polar surface area (TPSA) is 50.8 Å². The average Bonchev–Trinajstić information content (AvgIpc) is 2.66. The highest BCUT2D eigenvalue weighted by molar-refractivity contribution is 5.91. The number of unbranched alkanes of at least 4 members (excludes halogenated alkanes) is 1. The third kappa shape index (κ3) is 6.08. The molecule has 0 atom stereocenters. The molecule has 0 heterocycles. The lowest BCUT2D eigenvalue weighted by Crippen LogP contribution is -2.35. The first-order valence-electron chi connectivity index (χ1n) is 8.87. The van der Waals surface area contributed by atoms with Crippen molar-refractivity contribution in [1.29, 1.82) is 0 Å². The van der Waals surface area contributed by atoms with Gasteiger partial charge < -0.3 is 19.7 Å². The van der Waals surface area contributed by atoms with Gasteiger partial charge in [0.05, 0.1) is 12.8 Å². The summed E-state index contributed by atoms with van der Waals surface area (Å²) in [5, 5.41) is 2.98. The Labute approximate surface area is 155 Å². The summed E-state index contributed by atoms with van der Waals surface area (Å²) in [5.41, 5.74) is 2.86. The van der Waals surface area contributed by atoms with Crippen molar-refractivity contribution >= 4 is 11.7 Å². The molecular formula is C21H28N2O3. The molecule has 0 spiro atoms. The van der Waals surface area contributed by atoms with Crippen molar-refractivity contribution in [3.63, 3.8) is 0 Å². The second-order valence-electron chi connectivity index (χ2n) is 6.24. The van der Waals surface area contributed by atoms with Crippen LogP contribution in [0.4, 0.5) is 10.5 Å². The lowest BCUT2D eigenvalue weighted by Gasteiger charge is -2.24. The van der Waals surface area contributed by atoms with Crippen LogP contribution in [0.2, 0.25) is 0 Å². The van der Waals surface area contributed by atoms with Crippen LogP contribution in [-0.4, -0.2) is 38.3 Å². The third-order valence-electron chi connectivity index (χ3n) is 4.13. The zero-order valence-corrected chi connectivity index (χ0v) is 15.8. The summed E-state index contributed by atoms with van der Waals surface area (Å²) in [6.45, 7) is 3.92. The molecule has 0 unspecified atom stereocenters. The number of hydrogen-bond donors (Lipinski definition) is 1. The van der Waals surface area contributed by atoms with Crippen molar-refractivity contribution in [1.82, 2.24) is 4.90 Å². The van der Waals surface area contributed by atoms with E-state index < -0.39 is 0 Å². The van der Waals surface area contributed by atoms with Crippen molar-refractivity contribution in [2.24, 2.45) is 0 Å². The maximum atomic E-state index is 12.9. The molecule has 5 nitrogen and oxygen atoms in total. The standard InChI is InChI=1S/C21H28N2O3/c1-17-11-12-19(20(15-17)26-3)22-21(24)23(13-7-8-14-25-2)16-18-9-5-4-6-10-18/h4-6,9-12,15H,7-8,13-14,16H2,1-3H3,(H,22,24). The van der Waals surface area contributed by atoms with Crippen LogP contribution in [0.15, 0.2) is 48.5 Å². The van der Waals surface area contributed by atoms with E-state index in [2.05, 4.69) is 5.32 Å². The second kappa shape index (κ2) is 10.5. The Morgan fingerprint density at radius 3 is 2.54 bits per heavy atom. The van der Waals surface area contributed by atoms with Gasteiger partial charge >= 0.3 is 6.03 Å². The molecule has 5 heteroatoms. The highest BCUT2D eigenvalue weighted by atomic mass is 16.5. The number of ether oxygens (including phenoxy) is 2. The van der Waals surface area contributed by atoms with Crippen LogP contribution >= 0.6 is 0 Å². The number of anilines is 1. The largest absolute Gasteiger partial charge is 0.495 e. The number of urea groups is 1. The number of aryl methyl sites for hydroxylation is 1. The first-order valence-corrected chi connectivity index (χ1v) is 8.87. The molecule has 2 aromatic rings. The minimum Gasteiger partial charge on any atom is -0.495 e. The van der Waals surface area contributed by atoms with Crippen LogP contribution in [0.3, 0.4) is 0 Å². The fourth-order valence-corrected chi connectivity index (χ4v) is 2.70. The molecule has 0 aliphatic rings. The Morgan fingerprint density at radius 2 is 1.85 bits per heavy atom. The van der Waals surface area contributed by atoms with E-state index in [1.54, 1.807) is 14.2 Å². The van der Waals surface area contributed by atoms with E-state index in [9.17, 15) is 4.79 Å². The molecule has 0 saturated carbocycles. The monoisotopic (exact) mass is 356 g/mol. The number of carbonyl (C=O) groups excluding carboxylic acids is 1. The van der Waals surface area contributed by atoms with Crippen LogP contribution in [0.5, 0.6) is 5.75 Å². The number of rotatable bonds is 9. The minimum atomic E-state index is -0.131. The van der Waals surface area contributed by atoms with Crippen molar-refractivity contribution in [3.05, 3.63) is 59.7 Å². The van der Waals surface area contributed by atoms with E-state index in [0.717, 1.165) is 24.0 Å². The van der Waals surface area contributed by atoms with Gasteiger partial charge in [-0.3, -0.25) is 0 Å².